The van der Waals surface area contributed by atoms with Gasteiger partial charge in [0.15, 0.2) is 5.82 Å². The topological polar surface area (TPSA) is 132 Å². The average Bonchev–Trinajstić information content (AvgIpc) is 3.05. The van der Waals surface area contributed by atoms with Crippen LogP contribution in [0.2, 0.25) is 0 Å². The van der Waals surface area contributed by atoms with Crippen molar-refractivity contribution in [1.82, 2.24) is 15.0 Å². The number of nitrogens with one attached hydrogen (secondary N) is 1. The maximum atomic E-state index is 12.4. The molecule has 9 heteroatoms. The van der Waals surface area contributed by atoms with Gasteiger partial charge in [0, 0.05) is 11.6 Å². The van der Waals surface area contributed by atoms with Gasteiger partial charge in [-0.15, -0.1) is 11.3 Å². The molecule has 24 heavy (non-hydrogen) atoms. The van der Waals surface area contributed by atoms with Gasteiger partial charge < -0.3 is 19.6 Å². The van der Waals surface area contributed by atoms with Crippen molar-refractivity contribution in [3.8, 4) is 16.5 Å². The van der Waals surface area contributed by atoms with Gasteiger partial charge in [-0.2, -0.15) is 4.98 Å². The van der Waals surface area contributed by atoms with Gasteiger partial charge in [0.2, 0.25) is 5.71 Å². The molecule has 0 unspecified atom stereocenters. The molecule has 4 aromatic rings. The van der Waals surface area contributed by atoms with E-state index >= 15 is 0 Å². The zero-order valence-electron chi connectivity index (χ0n) is 12.1. The lowest BCUT2D eigenvalue weighted by Crippen LogP contribution is -2.12. The molecule has 0 saturated heterocycles. The molecule has 0 radical (unpaired) electrons. The third-order valence-electron chi connectivity index (χ3n) is 3.59. The maximum Gasteiger partial charge on any atom is 0.340 e. The molecule has 0 atom stereocenters. The lowest BCUT2D eigenvalue weighted by Gasteiger charge is -2.06. The van der Waals surface area contributed by atoms with Gasteiger partial charge in [0.25, 0.3) is 5.56 Å². The van der Waals surface area contributed by atoms with E-state index in [9.17, 15) is 19.8 Å². The van der Waals surface area contributed by atoms with Crippen molar-refractivity contribution in [2.75, 3.05) is 0 Å². The number of furan rings is 1. The van der Waals surface area contributed by atoms with E-state index in [1.54, 1.807) is 18.3 Å². The van der Waals surface area contributed by atoms with Gasteiger partial charge >= 0.3 is 5.97 Å². The second-order valence-electron chi connectivity index (χ2n) is 5.05. The number of nitrogens with zero attached hydrogens (tertiary/aromatic N) is 2. The quantitative estimate of drug-likeness (QED) is 0.568. The molecule has 0 amide bonds. The smallest absolute Gasteiger partial charge is 0.340 e. The summed E-state index contributed by atoms with van der Waals surface area (Å²) in [5.41, 5.74) is -1.02. The van der Waals surface area contributed by atoms with Crippen LogP contribution in [0.15, 0.2) is 27.5 Å². The summed E-state index contributed by atoms with van der Waals surface area (Å²) in [6.45, 7) is 1.44. The van der Waals surface area contributed by atoms with E-state index in [1.165, 1.54) is 6.92 Å². The minimum Gasteiger partial charge on any atom is -0.871 e. The number of aromatic nitrogens is 3. The maximum absolute atomic E-state index is 12.4. The number of carbonyl (C=O) groups is 1. The Hall–Kier alpha value is -3.20. The van der Waals surface area contributed by atoms with Crippen LogP contribution in [-0.4, -0.2) is 26.0 Å². The van der Waals surface area contributed by atoms with E-state index in [1.807, 2.05) is 0 Å². The first-order valence-electron chi connectivity index (χ1n) is 6.79. The van der Waals surface area contributed by atoms with Crippen LogP contribution >= 0.6 is 11.3 Å². The Balaban J connectivity index is 2.03. The minimum absolute atomic E-state index is 0.0335. The van der Waals surface area contributed by atoms with E-state index in [-0.39, 0.29) is 38.9 Å². The van der Waals surface area contributed by atoms with Crippen LogP contribution in [0.5, 0.6) is 5.75 Å². The Bertz CT molecular complexity index is 1190. The molecule has 4 aromatic heterocycles. The molecule has 0 aliphatic heterocycles. The number of thiophene rings is 1. The van der Waals surface area contributed by atoms with Crippen molar-refractivity contribution < 1.29 is 19.4 Å². The predicted molar refractivity (Wildman–Crippen MR) is 84.4 cm³/mol. The molecule has 120 valence electrons. The number of hydrogen-bond donors (Lipinski definition) is 2. The standard InChI is InChI=1S/C15H9N3O5S/c1-5-7(15(21)22)8-12(20)17-11(18-13(8)23-5)10-9(19)6-3-2-4-16-14(6)24-10/h2-4,19H,1H3,(H,21,22)(H,17,18,20)/p-1. The molecule has 0 aliphatic carbocycles. The normalized spacial score (nSPS) is 11.4. The number of hydrogen-bond acceptors (Lipinski definition) is 7. The van der Waals surface area contributed by atoms with Crippen LogP contribution in [0.4, 0.5) is 0 Å². The molecule has 0 aliphatic rings. The van der Waals surface area contributed by atoms with Gasteiger partial charge in [-0.05, 0) is 13.0 Å². The van der Waals surface area contributed by atoms with Crippen LogP contribution in [-0.2, 0) is 0 Å². The fraction of sp³-hybridized carbons (Fsp3) is 0.0667. The lowest BCUT2D eigenvalue weighted by atomic mass is 10.2. The summed E-state index contributed by atoms with van der Waals surface area (Å²) < 4.78 is 5.29. The summed E-state index contributed by atoms with van der Waals surface area (Å²) in [4.78, 5) is 35.0. The minimum atomic E-state index is -1.28. The van der Waals surface area contributed by atoms with E-state index in [0.29, 0.717) is 10.2 Å². The van der Waals surface area contributed by atoms with E-state index in [0.717, 1.165) is 11.3 Å². The van der Waals surface area contributed by atoms with Crippen LogP contribution in [0.25, 0.3) is 32.0 Å². The number of aromatic amines is 1. The fourth-order valence-electron chi connectivity index (χ4n) is 2.55. The van der Waals surface area contributed by atoms with Crippen molar-refractivity contribution >= 4 is 38.6 Å². The number of rotatable bonds is 2. The number of H-pyrrole nitrogens is 1. The van der Waals surface area contributed by atoms with Gasteiger partial charge in [-0.1, -0.05) is 11.8 Å². The van der Waals surface area contributed by atoms with Crippen molar-refractivity contribution in [2.24, 2.45) is 0 Å². The predicted octanol–water partition coefficient (Wildman–Crippen LogP) is 1.87. The number of pyridine rings is 1. The highest BCUT2D eigenvalue weighted by molar-refractivity contribution is 7.22. The second-order valence-corrected chi connectivity index (χ2v) is 6.05. The molecule has 4 heterocycles. The average molecular weight is 342 g/mol. The number of fused-ring (bicyclic) bond motifs is 2. The fourth-order valence-corrected chi connectivity index (χ4v) is 3.52. The molecule has 0 spiro atoms. The van der Waals surface area contributed by atoms with Crippen LogP contribution in [0, 0.1) is 6.92 Å². The summed E-state index contributed by atoms with van der Waals surface area (Å²) in [5.74, 6) is -1.46. The first-order chi connectivity index (χ1) is 11.5. The van der Waals surface area contributed by atoms with Crippen LogP contribution in [0.3, 0.4) is 0 Å². The zero-order chi connectivity index (χ0) is 17.0. The summed E-state index contributed by atoms with van der Waals surface area (Å²) in [5, 5.41) is 21.9. The van der Waals surface area contributed by atoms with Crippen LogP contribution < -0.4 is 10.7 Å². The highest BCUT2D eigenvalue weighted by Crippen LogP contribution is 2.39. The third kappa shape index (κ3) is 1.91. The van der Waals surface area contributed by atoms with Gasteiger partial charge in [-0.3, -0.25) is 4.79 Å². The van der Waals surface area contributed by atoms with E-state index in [2.05, 4.69) is 15.0 Å². The summed E-state index contributed by atoms with van der Waals surface area (Å²) in [7, 11) is 0. The molecule has 4 rings (SSSR count). The zero-order valence-corrected chi connectivity index (χ0v) is 12.9. The molecule has 2 N–H and O–H groups in total. The van der Waals surface area contributed by atoms with Crippen molar-refractivity contribution in [1.29, 1.82) is 0 Å². The van der Waals surface area contributed by atoms with Crippen molar-refractivity contribution in [3.63, 3.8) is 0 Å². The van der Waals surface area contributed by atoms with Gasteiger partial charge in [-0.25, -0.2) is 9.78 Å². The number of carboxylic acid groups (broad SMARTS) is 1. The molecule has 8 nitrogen and oxygen atoms in total. The number of carboxylic acids is 1. The van der Waals surface area contributed by atoms with Crippen molar-refractivity contribution in [3.05, 3.63) is 40.0 Å². The van der Waals surface area contributed by atoms with Gasteiger partial charge in [0.1, 0.15) is 21.5 Å². The Kier molecular flexibility index (Phi) is 2.94. The number of aromatic carboxylic acids is 1. The Morgan fingerprint density at radius 3 is 2.96 bits per heavy atom. The van der Waals surface area contributed by atoms with Gasteiger partial charge in [0.05, 0.1) is 4.88 Å². The Morgan fingerprint density at radius 2 is 2.25 bits per heavy atom. The second kappa shape index (κ2) is 4.90. The molecule has 0 bridgehead atoms. The SMILES string of the molecule is Cc1oc2nc(-c3sc4ncccc4c3[O-])[nH]c(=O)c2c1C(=O)O. The highest BCUT2D eigenvalue weighted by Gasteiger charge is 2.23. The Morgan fingerprint density at radius 1 is 1.46 bits per heavy atom. The monoisotopic (exact) mass is 342 g/mol. The molecular formula is C15H8N3O5S-. The van der Waals surface area contributed by atoms with E-state index in [4.69, 9.17) is 4.42 Å². The third-order valence-corrected chi connectivity index (χ3v) is 4.69. The first kappa shape index (κ1) is 14.4. The molecule has 0 saturated carbocycles. The largest absolute Gasteiger partial charge is 0.871 e. The Labute approximate surface area is 137 Å². The molecule has 0 aromatic carbocycles. The molecule has 0 fully saturated rings. The summed E-state index contributed by atoms with van der Waals surface area (Å²) >= 11 is 1.10. The summed E-state index contributed by atoms with van der Waals surface area (Å²) in [6, 6.07) is 3.29. The number of aryl methyl sites for hydroxylation is 1. The first-order valence-corrected chi connectivity index (χ1v) is 7.60. The van der Waals surface area contributed by atoms with Crippen molar-refractivity contribution in [2.45, 2.75) is 6.92 Å². The highest BCUT2D eigenvalue weighted by atomic mass is 32.1. The van der Waals surface area contributed by atoms with E-state index < -0.39 is 11.5 Å². The lowest BCUT2D eigenvalue weighted by molar-refractivity contribution is -0.264. The van der Waals surface area contributed by atoms with Crippen LogP contribution in [0.1, 0.15) is 16.1 Å². The molecular weight excluding hydrogens is 334 g/mol. The summed E-state index contributed by atoms with van der Waals surface area (Å²) in [6.07, 6.45) is 1.57.